The molecule has 10 heteroatoms. The number of nitriles is 1. The van der Waals surface area contributed by atoms with E-state index in [2.05, 4.69) is 5.32 Å². The smallest absolute Gasteiger partial charge is 0.312 e. The van der Waals surface area contributed by atoms with Gasteiger partial charge in [-0.3, -0.25) is 9.59 Å². The first kappa shape index (κ1) is 23.6. The summed E-state index contributed by atoms with van der Waals surface area (Å²) in [4.78, 5) is 37.4. The minimum absolute atomic E-state index is 0.0399. The lowest BCUT2D eigenvalue weighted by Gasteiger charge is -2.22. The number of anilines is 1. The Morgan fingerprint density at radius 1 is 1.16 bits per heavy atom. The standard InChI is InChI=1S/C21H20ClFN4O4/c22-15-4-2-14(3-5-15)18(26-21(25)30)12-20(29)31-13-19(28)27(11-1-10-24)17-8-6-16(23)7-9-17/h2-9,18H,1,11-13H2,(H3,25,26,30)/t18-/m0/s1. The zero-order chi connectivity index (χ0) is 22.8. The van der Waals surface area contributed by atoms with Crippen molar-refractivity contribution < 1.29 is 23.5 Å². The number of carbonyl (C=O) groups is 3. The van der Waals surface area contributed by atoms with Gasteiger partial charge in [0.1, 0.15) is 5.82 Å². The molecule has 0 saturated carbocycles. The third-order valence-electron chi connectivity index (χ3n) is 4.20. The number of carbonyl (C=O) groups excluding carboxylic acids is 3. The molecule has 0 aromatic heterocycles. The molecule has 0 aliphatic carbocycles. The van der Waals surface area contributed by atoms with Crippen LogP contribution in [0.2, 0.25) is 5.02 Å². The number of ether oxygens (including phenoxy) is 1. The summed E-state index contributed by atoms with van der Waals surface area (Å²) in [6.07, 6.45) is -0.231. The first-order valence-corrected chi connectivity index (χ1v) is 9.58. The lowest BCUT2D eigenvalue weighted by Crippen LogP contribution is -2.37. The quantitative estimate of drug-likeness (QED) is 0.572. The Hall–Kier alpha value is -3.64. The van der Waals surface area contributed by atoms with Crippen molar-refractivity contribution in [3.8, 4) is 6.07 Å². The van der Waals surface area contributed by atoms with Crippen LogP contribution in [0.4, 0.5) is 14.9 Å². The van der Waals surface area contributed by atoms with E-state index in [-0.39, 0.29) is 19.4 Å². The van der Waals surface area contributed by atoms with E-state index >= 15 is 0 Å². The van der Waals surface area contributed by atoms with E-state index in [1.807, 2.05) is 6.07 Å². The summed E-state index contributed by atoms with van der Waals surface area (Å²) in [6.45, 7) is -0.541. The van der Waals surface area contributed by atoms with Crippen molar-refractivity contribution in [3.05, 3.63) is 64.9 Å². The van der Waals surface area contributed by atoms with Crippen molar-refractivity contribution in [1.29, 1.82) is 5.26 Å². The van der Waals surface area contributed by atoms with Crippen LogP contribution in [0.3, 0.4) is 0 Å². The average molecular weight is 447 g/mol. The Bertz CT molecular complexity index is 961. The zero-order valence-electron chi connectivity index (χ0n) is 16.4. The summed E-state index contributed by atoms with van der Waals surface area (Å²) < 4.78 is 18.2. The number of esters is 1. The first-order chi connectivity index (χ1) is 14.8. The number of nitrogens with two attached hydrogens (primary N) is 1. The second kappa shape index (κ2) is 11.5. The van der Waals surface area contributed by atoms with Crippen LogP contribution in [0.1, 0.15) is 24.4 Å². The fourth-order valence-electron chi connectivity index (χ4n) is 2.75. The monoisotopic (exact) mass is 446 g/mol. The van der Waals surface area contributed by atoms with Crippen LogP contribution in [-0.2, 0) is 14.3 Å². The third-order valence-corrected chi connectivity index (χ3v) is 4.45. The van der Waals surface area contributed by atoms with Gasteiger partial charge in [0, 0.05) is 17.3 Å². The maximum Gasteiger partial charge on any atom is 0.312 e. The fraction of sp³-hybridized carbons (Fsp3) is 0.238. The first-order valence-electron chi connectivity index (χ1n) is 9.20. The van der Waals surface area contributed by atoms with Crippen molar-refractivity contribution >= 4 is 35.2 Å². The van der Waals surface area contributed by atoms with E-state index in [0.29, 0.717) is 16.3 Å². The molecule has 0 unspecified atom stereocenters. The summed E-state index contributed by atoms with van der Waals surface area (Å²) in [7, 11) is 0. The third kappa shape index (κ3) is 7.60. The average Bonchev–Trinajstić information content (AvgIpc) is 2.73. The Kier molecular flexibility index (Phi) is 8.78. The van der Waals surface area contributed by atoms with Gasteiger partial charge in [0.2, 0.25) is 0 Å². The van der Waals surface area contributed by atoms with Crippen molar-refractivity contribution in [2.75, 3.05) is 18.1 Å². The number of urea groups is 1. The van der Waals surface area contributed by atoms with Crippen LogP contribution in [-0.4, -0.2) is 31.1 Å². The maximum absolute atomic E-state index is 13.2. The van der Waals surface area contributed by atoms with Gasteiger partial charge in [-0.2, -0.15) is 5.26 Å². The number of nitrogens with zero attached hydrogens (tertiary/aromatic N) is 2. The molecule has 0 aliphatic heterocycles. The normalized spacial score (nSPS) is 11.1. The van der Waals surface area contributed by atoms with Crippen LogP contribution < -0.4 is 16.0 Å². The molecule has 31 heavy (non-hydrogen) atoms. The summed E-state index contributed by atoms with van der Waals surface area (Å²) >= 11 is 5.85. The molecule has 2 rings (SSSR count). The lowest BCUT2D eigenvalue weighted by atomic mass is 10.0. The SMILES string of the molecule is N#CCCN(C(=O)COC(=O)C[C@H](NC(N)=O)c1ccc(Cl)cc1)c1ccc(F)cc1. The van der Waals surface area contributed by atoms with E-state index in [1.165, 1.54) is 29.2 Å². The molecule has 0 bridgehead atoms. The molecule has 0 spiro atoms. The van der Waals surface area contributed by atoms with E-state index in [4.69, 9.17) is 27.3 Å². The van der Waals surface area contributed by atoms with Crippen LogP contribution in [0, 0.1) is 17.1 Å². The second-order valence-corrected chi connectivity index (χ2v) is 6.84. The predicted molar refractivity (Wildman–Crippen MR) is 111 cm³/mol. The van der Waals surface area contributed by atoms with E-state index in [9.17, 15) is 18.8 Å². The predicted octanol–water partition coefficient (Wildman–Crippen LogP) is 3.07. The number of halogens is 2. The Morgan fingerprint density at radius 3 is 2.39 bits per heavy atom. The highest BCUT2D eigenvalue weighted by Gasteiger charge is 2.21. The highest BCUT2D eigenvalue weighted by molar-refractivity contribution is 6.30. The van der Waals surface area contributed by atoms with Crippen molar-refractivity contribution in [2.45, 2.75) is 18.9 Å². The zero-order valence-corrected chi connectivity index (χ0v) is 17.1. The van der Waals surface area contributed by atoms with Gasteiger partial charge in [0.25, 0.3) is 5.91 Å². The van der Waals surface area contributed by atoms with Gasteiger partial charge in [0.15, 0.2) is 6.61 Å². The van der Waals surface area contributed by atoms with Crippen LogP contribution in [0.25, 0.3) is 0 Å². The number of nitrogens with one attached hydrogen (secondary N) is 1. The van der Waals surface area contributed by atoms with E-state index in [1.54, 1.807) is 24.3 Å². The molecule has 0 aliphatic rings. The second-order valence-electron chi connectivity index (χ2n) is 6.41. The molecule has 0 saturated heterocycles. The molecule has 0 heterocycles. The molecule has 0 fully saturated rings. The molecule has 2 aromatic carbocycles. The minimum Gasteiger partial charge on any atom is -0.455 e. The van der Waals surface area contributed by atoms with Crippen LogP contribution in [0.5, 0.6) is 0 Å². The number of hydrogen-bond donors (Lipinski definition) is 2. The molecule has 8 nitrogen and oxygen atoms in total. The van der Waals surface area contributed by atoms with Gasteiger partial charge < -0.3 is 20.7 Å². The minimum atomic E-state index is -0.831. The largest absolute Gasteiger partial charge is 0.455 e. The summed E-state index contributed by atoms with van der Waals surface area (Å²) in [6, 6.07) is 11.9. The summed E-state index contributed by atoms with van der Waals surface area (Å²) in [5.41, 5.74) is 6.12. The van der Waals surface area contributed by atoms with Gasteiger partial charge >= 0.3 is 12.0 Å². The molecule has 3 N–H and O–H groups in total. The van der Waals surface area contributed by atoms with Gasteiger partial charge in [-0.25, -0.2) is 9.18 Å². The van der Waals surface area contributed by atoms with Crippen molar-refractivity contribution in [2.24, 2.45) is 5.73 Å². The Labute approximate surface area is 183 Å². The lowest BCUT2D eigenvalue weighted by molar-refractivity contribution is -0.148. The highest BCUT2D eigenvalue weighted by atomic mass is 35.5. The fourth-order valence-corrected chi connectivity index (χ4v) is 2.87. The van der Waals surface area contributed by atoms with Gasteiger partial charge in [-0.05, 0) is 42.0 Å². The van der Waals surface area contributed by atoms with E-state index in [0.717, 1.165) is 0 Å². The maximum atomic E-state index is 13.2. The molecule has 3 amide bonds. The Balaban J connectivity index is 2.02. The topological polar surface area (TPSA) is 126 Å². The van der Waals surface area contributed by atoms with Crippen LogP contribution >= 0.6 is 11.6 Å². The highest BCUT2D eigenvalue weighted by Crippen LogP contribution is 2.20. The molecular formula is C21H20ClFN4O4. The Morgan fingerprint density at radius 2 is 1.81 bits per heavy atom. The number of hydrogen-bond acceptors (Lipinski definition) is 5. The molecule has 1 atom stereocenters. The van der Waals surface area contributed by atoms with Gasteiger partial charge in [0.05, 0.1) is 25.0 Å². The van der Waals surface area contributed by atoms with Crippen molar-refractivity contribution in [1.82, 2.24) is 5.32 Å². The number of primary amides is 1. The van der Waals surface area contributed by atoms with Crippen molar-refractivity contribution in [3.63, 3.8) is 0 Å². The summed E-state index contributed by atoms with van der Waals surface area (Å²) in [5, 5.41) is 11.7. The number of benzene rings is 2. The van der Waals surface area contributed by atoms with Crippen LogP contribution in [0.15, 0.2) is 48.5 Å². The molecule has 0 radical (unpaired) electrons. The molecule has 2 aromatic rings. The number of amides is 3. The summed E-state index contributed by atoms with van der Waals surface area (Å²) in [5.74, 6) is -1.81. The molecular weight excluding hydrogens is 427 g/mol. The van der Waals surface area contributed by atoms with Gasteiger partial charge in [-0.15, -0.1) is 0 Å². The van der Waals surface area contributed by atoms with Gasteiger partial charge in [-0.1, -0.05) is 23.7 Å². The number of rotatable bonds is 9. The molecule has 162 valence electrons. The van der Waals surface area contributed by atoms with E-state index < -0.39 is 36.4 Å².